The van der Waals surface area contributed by atoms with E-state index in [1.54, 1.807) is 0 Å². The molecule has 3 heteroatoms. The second kappa shape index (κ2) is 9.12. The van der Waals surface area contributed by atoms with Gasteiger partial charge >= 0.3 is 0 Å². The molecule has 216 valence electrons. The van der Waals surface area contributed by atoms with Gasteiger partial charge in [-0.05, 0) is 84.9 Å². The highest BCUT2D eigenvalue weighted by atomic mass is 15.1. The summed E-state index contributed by atoms with van der Waals surface area (Å²) in [6.07, 6.45) is 0. The lowest BCUT2D eigenvalue weighted by Gasteiger charge is -2.16. The molecular formula is C44H25N3. The third-order valence-electron chi connectivity index (χ3n) is 10.1. The fourth-order valence-electron chi connectivity index (χ4n) is 8.08. The van der Waals surface area contributed by atoms with Crippen molar-refractivity contribution in [3.05, 3.63) is 152 Å². The quantitative estimate of drug-likeness (QED) is 0.186. The first-order valence-electron chi connectivity index (χ1n) is 16.1. The molecule has 0 amide bonds. The van der Waals surface area contributed by atoms with Crippen molar-refractivity contribution in [1.29, 1.82) is 0 Å². The third kappa shape index (κ3) is 3.35. The van der Waals surface area contributed by atoms with E-state index in [1.807, 2.05) is 12.1 Å². The van der Waals surface area contributed by atoms with Crippen LogP contribution < -0.4 is 0 Å². The molecule has 3 nitrogen and oxygen atoms in total. The Kier molecular flexibility index (Phi) is 4.84. The molecular weight excluding hydrogens is 571 g/mol. The van der Waals surface area contributed by atoms with Crippen LogP contribution in [0.3, 0.4) is 0 Å². The Balaban J connectivity index is 1.27. The number of nitrogens with zero attached hydrogens (tertiary/aromatic N) is 3. The summed E-state index contributed by atoms with van der Waals surface area (Å²) < 4.78 is 2.35. The number of rotatable bonds is 2. The smallest absolute Gasteiger partial charge is 0.165 e. The minimum absolute atomic E-state index is 0.838. The predicted octanol–water partition coefficient (Wildman–Crippen LogP) is 11.5. The summed E-state index contributed by atoms with van der Waals surface area (Å²) in [4.78, 5) is 10.8. The van der Waals surface area contributed by atoms with Gasteiger partial charge in [-0.3, -0.25) is 4.57 Å². The highest BCUT2D eigenvalue weighted by molar-refractivity contribution is 6.27. The van der Waals surface area contributed by atoms with Crippen molar-refractivity contribution < 1.29 is 0 Å². The average Bonchev–Trinajstić information content (AvgIpc) is 3.42. The van der Waals surface area contributed by atoms with Gasteiger partial charge in [0.05, 0.1) is 22.1 Å². The SMILES string of the molecule is c1cc2c3c(cccc3c1)-c1cccc3c1c1c-2cccc1n3-c1nc2ccccc2nc1-c1ccc2c(ccc3ccccc32)c1. The van der Waals surface area contributed by atoms with E-state index in [1.165, 1.54) is 65.3 Å². The van der Waals surface area contributed by atoms with E-state index in [-0.39, 0.29) is 0 Å². The molecule has 2 aromatic heterocycles. The molecule has 0 atom stereocenters. The van der Waals surface area contributed by atoms with Crippen LogP contribution in [0.5, 0.6) is 0 Å². The molecule has 1 aliphatic carbocycles. The van der Waals surface area contributed by atoms with Gasteiger partial charge in [-0.25, -0.2) is 9.97 Å². The normalized spacial score (nSPS) is 12.3. The van der Waals surface area contributed by atoms with E-state index in [4.69, 9.17) is 9.97 Å². The number of fused-ring (bicyclic) bond motifs is 6. The average molecular weight is 596 g/mol. The summed E-state index contributed by atoms with van der Waals surface area (Å²) in [5.41, 5.74) is 11.0. The molecule has 0 bridgehead atoms. The molecule has 47 heavy (non-hydrogen) atoms. The maximum Gasteiger partial charge on any atom is 0.165 e. The predicted molar refractivity (Wildman–Crippen MR) is 196 cm³/mol. The summed E-state index contributed by atoms with van der Waals surface area (Å²) >= 11 is 0. The summed E-state index contributed by atoms with van der Waals surface area (Å²) in [5.74, 6) is 0.838. The van der Waals surface area contributed by atoms with Gasteiger partial charge in [0.15, 0.2) is 5.82 Å². The van der Waals surface area contributed by atoms with Gasteiger partial charge in [-0.1, -0.05) is 121 Å². The van der Waals surface area contributed by atoms with Crippen LogP contribution in [-0.2, 0) is 0 Å². The molecule has 0 fully saturated rings. The lowest BCUT2D eigenvalue weighted by atomic mass is 9.93. The van der Waals surface area contributed by atoms with Crippen LogP contribution in [0.25, 0.3) is 104 Å². The number of hydrogen-bond acceptors (Lipinski definition) is 2. The standard InChI is InChI=1S/C44H25N3/c1-2-12-30-26(9-1)21-22-28-25-29(23-24-31(28)30)43-44(46-37-18-4-3-17-36(37)45-43)47-38-19-7-15-34-32-13-5-10-27-11-6-14-33(40(27)32)35-16-8-20-39(47)42(35)41(34)38/h1-25H. The molecule has 2 heterocycles. The van der Waals surface area contributed by atoms with Crippen LogP contribution >= 0.6 is 0 Å². The van der Waals surface area contributed by atoms with Crippen molar-refractivity contribution in [2.24, 2.45) is 0 Å². The molecule has 0 radical (unpaired) electrons. The Morgan fingerprint density at radius 3 is 1.66 bits per heavy atom. The number of benzene rings is 8. The van der Waals surface area contributed by atoms with Crippen LogP contribution in [0.2, 0.25) is 0 Å². The van der Waals surface area contributed by atoms with E-state index in [2.05, 4.69) is 144 Å². The minimum atomic E-state index is 0.838. The second-order valence-corrected chi connectivity index (χ2v) is 12.6. The minimum Gasteiger partial charge on any atom is -0.292 e. The van der Waals surface area contributed by atoms with Crippen molar-refractivity contribution in [3.8, 4) is 39.3 Å². The molecule has 0 unspecified atom stereocenters. The van der Waals surface area contributed by atoms with E-state index in [0.717, 1.165) is 39.1 Å². The van der Waals surface area contributed by atoms with Gasteiger partial charge in [0, 0.05) is 16.3 Å². The lowest BCUT2D eigenvalue weighted by Crippen LogP contribution is -2.04. The zero-order chi connectivity index (χ0) is 30.6. The second-order valence-electron chi connectivity index (χ2n) is 12.6. The zero-order valence-corrected chi connectivity index (χ0v) is 25.3. The van der Waals surface area contributed by atoms with Crippen molar-refractivity contribution >= 4 is 65.2 Å². The Labute approximate surface area is 270 Å². The number of para-hydroxylation sites is 2. The molecule has 0 N–H and O–H groups in total. The molecule has 0 aliphatic heterocycles. The van der Waals surface area contributed by atoms with Gasteiger partial charge in [0.2, 0.25) is 0 Å². The van der Waals surface area contributed by atoms with Crippen molar-refractivity contribution in [1.82, 2.24) is 14.5 Å². The molecule has 0 saturated carbocycles. The monoisotopic (exact) mass is 595 g/mol. The van der Waals surface area contributed by atoms with Gasteiger partial charge < -0.3 is 0 Å². The zero-order valence-electron chi connectivity index (χ0n) is 25.3. The van der Waals surface area contributed by atoms with Crippen molar-refractivity contribution in [3.63, 3.8) is 0 Å². The summed E-state index contributed by atoms with van der Waals surface area (Å²) in [5, 5.41) is 10.0. The van der Waals surface area contributed by atoms with Crippen LogP contribution in [0.15, 0.2) is 152 Å². The fourth-order valence-corrected chi connectivity index (χ4v) is 8.08. The Morgan fingerprint density at radius 1 is 0.383 bits per heavy atom. The Bertz CT molecular complexity index is 2870. The topological polar surface area (TPSA) is 30.7 Å². The van der Waals surface area contributed by atoms with E-state index in [9.17, 15) is 0 Å². The largest absolute Gasteiger partial charge is 0.292 e. The first-order chi connectivity index (χ1) is 23.3. The van der Waals surface area contributed by atoms with Crippen LogP contribution in [0.1, 0.15) is 0 Å². The summed E-state index contributed by atoms with van der Waals surface area (Å²) in [6, 6.07) is 54.7. The van der Waals surface area contributed by atoms with Crippen LogP contribution in [0, 0.1) is 0 Å². The van der Waals surface area contributed by atoms with E-state index < -0.39 is 0 Å². The van der Waals surface area contributed by atoms with E-state index in [0.29, 0.717) is 0 Å². The lowest BCUT2D eigenvalue weighted by molar-refractivity contribution is 1.08. The molecule has 0 spiro atoms. The fraction of sp³-hybridized carbons (Fsp3) is 0. The van der Waals surface area contributed by atoms with Crippen molar-refractivity contribution in [2.45, 2.75) is 0 Å². The number of aromatic nitrogens is 3. The maximum absolute atomic E-state index is 5.41. The van der Waals surface area contributed by atoms with Crippen molar-refractivity contribution in [2.75, 3.05) is 0 Å². The van der Waals surface area contributed by atoms with Gasteiger partial charge in [0.1, 0.15) is 5.69 Å². The Morgan fingerprint density at radius 2 is 0.936 bits per heavy atom. The van der Waals surface area contributed by atoms with Gasteiger partial charge in [-0.15, -0.1) is 0 Å². The molecule has 8 aromatic carbocycles. The molecule has 1 aliphatic rings. The molecule has 10 aromatic rings. The summed E-state index contributed by atoms with van der Waals surface area (Å²) in [6.45, 7) is 0. The maximum atomic E-state index is 5.41. The van der Waals surface area contributed by atoms with E-state index >= 15 is 0 Å². The van der Waals surface area contributed by atoms with Crippen LogP contribution in [0.4, 0.5) is 0 Å². The van der Waals surface area contributed by atoms with Gasteiger partial charge in [-0.2, -0.15) is 0 Å². The van der Waals surface area contributed by atoms with Gasteiger partial charge in [0.25, 0.3) is 0 Å². The first kappa shape index (κ1) is 24.9. The Hall–Kier alpha value is -6.32. The highest BCUT2D eigenvalue weighted by Crippen LogP contribution is 2.49. The highest BCUT2D eigenvalue weighted by Gasteiger charge is 2.26. The molecule has 11 rings (SSSR count). The third-order valence-corrected chi connectivity index (χ3v) is 10.1. The number of hydrogen-bond donors (Lipinski definition) is 0. The summed E-state index contributed by atoms with van der Waals surface area (Å²) in [7, 11) is 0. The van der Waals surface area contributed by atoms with Crippen LogP contribution in [-0.4, -0.2) is 14.5 Å². The first-order valence-corrected chi connectivity index (χ1v) is 16.1. The molecule has 0 saturated heterocycles.